The van der Waals surface area contributed by atoms with Crippen LogP contribution in [0.4, 0.5) is 0 Å². The molecule has 0 saturated heterocycles. The Labute approximate surface area is 134 Å². The van der Waals surface area contributed by atoms with E-state index in [1.165, 1.54) is 5.56 Å². The van der Waals surface area contributed by atoms with Gasteiger partial charge in [0.25, 0.3) is 0 Å². The van der Waals surface area contributed by atoms with Gasteiger partial charge < -0.3 is 14.8 Å². The highest BCUT2D eigenvalue weighted by Gasteiger charge is 2.18. The van der Waals surface area contributed by atoms with E-state index in [0.29, 0.717) is 0 Å². The standard InChI is InChI=1S/C17H20BrNO2/c1-4-19-17(12-5-7-13(18)8-6-12)15-11-14(20-2)9-10-16(15)21-3/h5-11,17,19H,4H2,1-3H3. The summed E-state index contributed by atoms with van der Waals surface area (Å²) in [4.78, 5) is 0. The van der Waals surface area contributed by atoms with Crippen molar-refractivity contribution in [2.75, 3.05) is 20.8 Å². The SMILES string of the molecule is CCNC(c1ccc(Br)cc1)c1cc(OC)ccc1OC. The van der Waals surface area contributed by atoms with Gasteiger partial charge in [-0.2, -0.15) is 0 Å². The molecule has 0 aliphatic rings. The molecule has 1 atom stereocenters. The van der Waals surface area contributed by atoms with Crippen molar-refractivity contribution in [1.82, 2.24) is 5.32 Å². The second-order valence-electron chi connectivity index (χ2n) is 4.65. The Hall–Kier alpha value is -1.52. The van der Waals surface area contributed by atoms with Gasteiger partial charge in [0.05, 0.1) is 20.3 Å². The maximum atomic E-state index is 5.51. The van der Waals surface area contributed by atoms with Crippen LogP contribution in [-0.4, -0.2) is 20.8 Å². The number of hydrogen-bond donors (Lipinski definition) is 1. The first-order valence-corrected chi connectivity index (χ1v) is 7.69. The van der Waals surface area contributed by atoms with Crippen molar-refractivity contribution < 1.29 is 9.47 Å². The predicted octanol–water partition coefficient (Wildman–Crippen LogP) is 4.17. The Kier molecular flexibility index (Phi) is 5.65. The first-order chi connectivity index (χ1) is 10.2. The van der Waals surface area contributed by atoms with Crippen molar-refractivity contribution in [3.05, 3.63) is 58.1 Å². The van der Waals surface area contributed by atoms with Crippen molar-refractivity contribution in [3.63, 3.8) is 0 Å². The van der Waals surface area contributed by atoms with Crippen molar-refractivity contribution >= 4 is 15.9 Å². The Morgan fingerprint density at radius 2 is 1.76 bits per heavy atom. The topological polar surface area (TPSA) is 30.5 Å². The van der Waals surface area contributed by atoms with Crippen LogP contribution in [-0.2, 0) is 0 Å². The van der Waals surface area contributed by atoms with Crippen LogP contribution in [0.3, 0.4) is 0 Å². The highest BCUT2D eigenvalue weighted by Crippen LogP contribution is 2.33. The fourth-order valence-corrected chi connectivity index (χ4v) is 2.60. The number of rotatable bonds is 6. The average molecular weight is 350 g/mol. The van der Waals surface area contributed by atoms with Crippen molar-refractivity contribution in [1.29, 1.82) is 0 Å². The number of hydrogen-bond acceptors (Lipinski definition) is 3. The van der Waals surface area contributed by atoms with E-state index in [1.54, 1.807) is 14.2 Å². The first kappa shape index (κ1) is 15.9. The number of halogens is 1. The van der Waals surface area contributed by atoms with E-state index in [-0.39, 0.29) is 6.04 Å². The molecule has 21 heavy (non-hydrogen) atoms. The van der Waals surface area contributed by atoms with Crippen LogP contribution >= 0.6 is 15.9 Å². The van der Waals surface area contributed by atoms with Crippen molar-refractivity contribution in [2.45, 2.75) is 13.0 Å². The lowest BCUT2D eigenvalue weighted by molar-refractivity contribution is 0.394. The third kappa shape index (κ3) is 3.77. The van der Waals surface area contributed by atoms with Gasteiger partial charge in [0.1, 0.15) is 11.5 Å². The van der Waals surface area contributed by atoms with Crippen LogP contribution in [0.5, 0.6) is 11.5 Å². The molecule has 112 valence electrons. The minimum atomic E-state index is 0.0631. The molecule has 1 N–H and O–H groups in total. The minimum absolute atomic E-state index is 0.0631. The fraction of sp³-hybridized carbons (Fsp3) is 0.294. The lowest BCUT2D eigenvalue weighted by Gasteiger charge is -2.22. The molecule has 3 nitrogen and oxygen atoms in total. The van der Waals surface area contributed by atoms with Gasteiger partial charge in [-0.15, -0.1) is 0 Å². The number of methoxy groups -OCH3 is 2. The predicted molar refractivity (Wildman–Crippen MR) is 89.2 cm³/mol. The van der Waals surface area contributed by atoms with Gasteiger partial charge >= 0.3 is 0 Å². The molecular formula is C17H20BrNO2. The molecule has 0 radical (unpaired) electrons. The number of benzene rings is 2. The van der Waals surface area contributed by atoms with Crippen LogP contribution in [0, 0.1) is 0 Å². The lowest BCUT2D eigenvalue weighted by Crippen LogP contribution is -2.22. The van der Waals surface area contributed by atoms with E-state index in [1.807, 2.05) is 30.3 Å². The van der Waals surface area contributed by atoms with Crippen molar-refractivity contribution in [3.8, 4) is 11.5 Å². The molecule has 0 bridgehead atoms. The maximum Gasteiger partial charge on any atom is 0.124 e. The lowest BCUT2D eigenvalue weighted by atomic mass is 9.97. The molecule has 4 heteroatoms. The molecule has 2 aromatic carbocycles. The highest BCUT2D eigenvalue weighted by molar-refractivity contribution is 9.10. The van der Waals surface area contributed by atoms with Gasteiger partial charge in [-0.3, -0.25) is 0 Å². The molecule has 0 heterocycles. The van der Waals surface area contributed by atoms with E-state index in [0.717, 1.165) is 28.1 Å². The molecule has 1 unspecified atom stereocenters. The minimum Gasteiger partial charge on any atom is -0.497 e. The van der Waals surface area contributed by atoms with Gasteiger partial charge in [-0.25, -0.2) is 0 Å². The second-order valence-corrected chi connectivity index (χ2v) is 5.57. The fourth-order valence-electron chi connectivity index (χ4n) is 2.33. The summed E-state index contributed by atoms with van der Waals surface area (Å²) in [5, 5.41) is 3.51. The zero-order chi connectivity index (χ0) is 15.2. The zero-order valence-corrected chi connectivity index (χ0v) is 14.1. The molecule has 0 saturated carbocycles. The molecule has 2 rings (SSSR count). The summed E-state index contributed by atoms with van der Waals surface area (Å²) in [5.74, 6) is 1.68. The summed E-state index contributed by atoms with van der Waals surface area (Å²) in [7, 11) is 3.36. The Bertz CT molecular complexity index is 584. The van der Waals surface area contributed by atoms with E-state index < -0.39 is 0 Å². The molecule has 0 fully saturated rings. The normalized spacial score (nSPS) is 12.0. The van der Waals surface area contributed by atoms with Gasteiger partial charge in [0.15, 0.2) is 0 Å². The summed E-state index contributed by atoms with van der Waals surface area (Å²) in [6, 6.07) is 14.2. The summed E-state index contributed by atoms with van der Waals surface area (Å²) < 4.78 is 11.9. The Morgan fingerprint density at radius 1 is 1.05 bits per heavy atom. The maximum absolute atomic E-state index is 5.51. The zero-order valence-electron chi connectivity index (χ0n) is 12.5. The monoisotopic (exact) mass is 349 g/mol. The molecule has 0 amide bonds. The molecular weight excluding hydrogens is 330 g/mol. The molecule has 0 spiro atoms. The van der Waals surface area contributed by atoms with Gasteiger partial charge in [-0.05, 0) is 42.4 Å². The molecule has 0 aliphatic heterocycles. The van der Waals surface area contributed by atoms with Crippen molar-refractivity contribution in [2.24, 2.45) is 0 Å². The third-order valence-electron chi connectivity index (χ3n) is 3.36. The van der Waals surface area contributed by atoms with E-state index in [9.17, 15) is 0 Å². The van der Waals surface area contributed by atoms with Crippen LogP contribution in [0.15, 0.2) is 46.9 Å². The van der Waals surface area contributed by atoms with Crippen LogP contribution < -0.4 is 14.8 Å². The molecule has 2 aromatic rings. The van der Waals surface area contributed by atoms with Crippen LogP contribution in [0.1, 0.15) is 24.1 Å². The van der Waals surface area contributed by atoms with E-state index in [4.69, 9.17) is 9.47 Å². The smallest absolute Gasteiger partial charge is 0.124 e. The molecule has 0 aliphatic carbocycles. The highest BCUT2D eigenvalue weighted by atomic mass is 79.9. The van der Waals surface area contributed by atoms with Gasteiger partial charge in [0.2, 0.25) is 0 Å². The number of nitrogens with one attached hydrogen (secondary N) is 1. The van der Waals surface area contributed by atoms with Crippen LogP contribution in [0.2, 0.25) is 0 Å². The largest absolute Gasteiger partial charge is 0.497 e. The van der Waals surface area contributed by atoms with Crippen LogP contribution in [0.25, 0.3) is 0 Å². The Balaban J connectivity index is 2.48. The molecule has 0 aromatic heterocycles. The summed E-state index contributed by atoms with van der Waals surface area (Å²) in [6.07, 6.45) is 0. The summed E-state index contributed by atoms with van der Waals surface area (Å²) in [5.41, 5.74) is 2.26. The van der Waals surface area contributed by atoms with E-state index in [2.05, 4.69) is 40.3 Å². The first-order valence-electron chi connectivity index (χ1n) is 6.90. The Morgan fingerprint density at radius 3 is 2.33 bits per heavy atom. The summed E-state index contributed by atoms with van der Waals surface area (Å²) in [6.45, 7) is 2.96. The van der Waals surface area contributed by atoms with Gasteiger partial charge in [-0.1, -0.05) is 35.0 Å². The number of ether oxygens (including phenoxy) is 2. The van der Waals surface area contributed by atoms with E-state index >= 15 is 0 Å². The average Bonchev–Trinajstić information content (AvgIpc) is 2.53. The second kappa shape index (κ2) is 7.48. The summed E-state index contributed by atoms with van der Waals surface area (Å²) >= 11 is 3.48. The quantitative estimate of drug-likeness (QED) is 0.848. The van der Waals surface area contributed by atoms with Gasteiger partial charge in [0, 0.05) is 10.0 Å². The third-order valence-corrected chi connectivity index (χ3v) is 3.89.